The maximum atomic E-state index is 12.3. The molecule has 6 nitrogen and oxygen atoms in total. The van der Waals surface area contributed by atoms with Crippen molar-refractivity contribution in [3.8, 4) is 0 Å². The Morgan fingerprint density at radius 2 is 1.92 bits per heavy atom. The fourth-order valence-corrected chi connectivity index (χ4v) is 3.61. The molecule has 1 saturated carbocycles. The van der Waals surface area contributed by atoms with Gasteiger partial charge in [0.1, 0.15) is 11.6 Å². The van der Waals surface area contributed by atoms with E-state index in [4.69, 9.17) is 4.74 Å². The number of aromatic nitrogens is 3. The zero-order valence-electron chi connectivity index (χ0n) is 15.1. The molecule has 1 aromatic heterocycles. The molecule has 7 heteroatoms. The lowest BCUT2D eigenvalue weighted by molar-refractivity contribution is -0.116. The maximum absolute atomic E-state index is 12.3. The van der Waals surface area contributed by atoms with Crippen LogP contribution >= 0.6 is 11.8 Å². The van der Waals surface area contributed by atoms with E-state index < -0.39 is 0 Å². The van der Waals surface area contributed by atoms with E-state index in [1.165, 1.54) is 24.6 Å². The molecule has 1 heterocycles. The lowest BCUT2D eigenvalue weighted by Gasteiger charge is -2.06. The average molecular weight is 373 g/mol. The Bertz CT molecular complexity index is 782. The fourth-order valence-electron chi connectivity index (χ4n) is 2.74. The van der Waals surface area contributed by atoms with E-state index in [0.717, 1.165) is 23.1 Å². The van der Waals surface area contributed by atoms with E-state index in [2.05, 4.69) is 21.7 Å². The van der Waals surface area contributed by atoms with Crippen molar-refractivity contribution in [2.75, 3.05) is 12.4 Å². The average Bonchev–Trinajstić information content (AvgIpc) is 3.40. The second-order valence-corrected chi connectivity index (χ2v) is 7.22. The summed E-state index contributed by atoms with van der Waals surface area (Å²) in [4.78, 5) is 23.9. The minimum atomic E-state index is -0.341. The Kier molecular flexibility index (Phi) is 6.08. The normalized spacial score (nSPS) is 13.6. The van der Waals surface area contributed by atoms with Gasteiger partial charge < -0.3 is 9.30 Å². The summed E-state index contributed by atoms with van der Waals surface area (Å²) in [5.74, 6) is 1.74. The quantitative estimate of drug-likeness (QED) is 0.496. The van der Waals surface area contributed by atoms with Crippen molar-refractivity contribution < 1.29 is 14.3 Å². The Labute approximate surface area is 157 Å². The number of hydrogen-bond acceptors (Lipinski definition) is 6. The first-order chi connectivity index (χ1) is 12.6. The Morgan fingerprint density at radius 1 is 1.19 bits per heavy atom. The van der Waals surface area contributed by atoms with Crippen molar-refractivity contribution in [3.05, 3.63) is 41.2 Å². The van der Waals surface area contributed by atoms with Gasteiger partial charge in [-0.1, -0.05) is 23.9 Å². The standard InChI is InChI=1S/C19H23N3O3S/c1-3-22-17(14-9-10-14)20-21-19(22)26-12-16(23)11-13-5-7-15(8-6-13)18(24)25-4-2/h5-8,14H,3-4,9-12H2,1-2H3. The van der Waals surface area contributed by atoms with E-state index in [1.54, 1.807) is 31.2 Å². The molecular weight excluding hydrogens is 350 g/mol. The number of rotatable bonds is 9. The molecule has 0 aliphatic heterocycles. The topological polar surface area (TPSA) is 74.1 Å². The highest BCUT2D eigenvalue weighted by atomic mass is 32.2. The SMILES string of the molecule is CCOC(=O)c1ccc(CC(=O)CSc2nnc(C3CC3)n2CC)cc1. The van der Waals surface area contributed by atoms with Crippen molar-refractivity contribution in [1.82, 2.24) is 14.8 Å². The molecule has 2 aromatic rings. The maximum Gasteiger partial charge on any atom is 0.338 e. The zero-order valence-corrected chi connectivity index (χ0v) is 15.9. The first-order valence-corrected chi connectivity index (χ1v) is 9.94. The highest BCUT2D eigenvalue weighted by Gasteiger charge is 2.30. The molecule has 0 N–H and O–H groups in total. The van der Waals surface area contributed by atoms with Crippen LogP contribution < -0.4 is 0 Å². The molecule has 0 unspecified atom stereocenters. The summed E-state index contributed by atoms with van der Waals surface area (Å²) in [6.45, 7) is 5.02. The molecule has 1 aliphatic rings. The van der Waals surface area contributed by atoms with Gasteiger partial charge >= 0.3 is 5.97 Å². The van der Waals surface area contributed by atoms with E-state index in [0.29, 0.717) is 30.3 Å². The molecule has 1 aromatic carbocycles. The monoisotopic (exact) mass is 373 g/mol. The predicted molar refractivity (Wildman–Crippen MR) is 99.5 cm³/mol. The van der Waals surface area contributed by atoms with Crippen LogP contribution in [-0.4, -0.2) is 38.9 Å². The molecule has 0 radical (unpaired) electrons. The number of ether oxygens (including phenoxy) is 1. The number of carbonyl (C=O) groups is 2. The van der Waals surface area contributed by atoms with Crippen molar-refractivity contribution in [3.63, 3.8) is 0 Å². The largest absolute Gasteiger partial charge is 0.462 e. The third kappa shape index (κ3) is 4.52. The Balaban J connectivity index is 1.53. The molecule has 1 fully saturated rings. The number of Topliss-reactive ketones (excluding diaryl/α,β-unsaturated/α-hetero) is 1. The van der Waals surface area contributed by atoms with Crippen LogP contribution in [-0.2, 0) is 22.5 Å². The molecule has 26 heavy (non-hydrogen) atoms. The zero-order chi connectivity index (χ0) is 18.5. The van der Waals surface area contributed by atoms with Crippen molar-refractivity contribution in [1.29, 1.82) is 0 Å². The number of thioether (sulfide) groups is 1. The summed E-state index contributed by atoms with van der Waals surface area (Å²) in [7, 11) is 0. The molecule has 138 valence electrons. The summed E-state index contributed by atoms with van der Waals surface area (Å²) >= 11 is 1.45. The smallest absolute Gasteiger partial charge is 0.338 e. The first kappa shape index (κ1) is 18.6. The van der Waals surface area contributed by atoms with E-state index >= 15 is 0 Å². The van der Waals surface area contributed by atoms with Crippen LogP contribution in [0.5, 0.6) is 0 Å². The van der Waals surface area contributed by atoms with Crippen LogP contribution in [0.4, 0.5) is 0 Å². The van der Waals surface area contributed by atoms with Gasteiger partial charge in [0.05, 0.1) is 17.9 Å². The predicted octanol–water partition coefficient (Wildman–Crippen LogP) is 3.26. The van der Waals surface area contributed by atoms with Crippen LogP contribution in [0, 0.1) is 0 Å². The second kappa shape index (κ2) is 8.49. The van der Waals surface area contributed by atoms with Gasteiger partial charge in [-0.25, -0.2) is 4.79 Å². The summed E-state index contributed by atoms with van der Waals surface area (Å²) < 4.78 is 7.07. The Morgan fingerprint density at radius 3 is 2.54 bits per heavy atom. The third-order valence-electron chi connectivity index (χ3n) is 4.23. The van der Waals surface area contributed by atoms with Crippen molar-refractivity contribution >= 4 is 23.5 Å². The summed E-state index contributed by atoms with van der Waals surface area (Å²) in [5, 5.41) is 9.36. The lowest BCUT2D eigenvalue weighted by atomic mass is 10.1. The molecule has 3 rings (SSSR count). The molecule has 0 atom stereocenters. The molecule has 0 saturated heterocycles. The lowest BCUT2D eigenvalue weighted by Crippen LogP contribution is -2.09. The highest BCUT2D eigenvalue weighted by molar-refractivity contribution is 7.99. The van der Waals surface area contributed by atoms with Crippen molar-refractivity contribution in [2.24, 2.45) is 0 Å². The van der Waals surface area contributed by atoms with Gasteiger partial charge in [-0.2, -0.15) is 0 Å². The van der Waals surface area contributed by atoms with Crippen LogP contribution in [0.1, 0.15) is 54.4 Å². The van der Waals surface area contributed by atoms with Crippen molar-refractivity contribution in [2.45, 2.75) is 50.7 Å². The third-order valence-corrected chi connectivity index (χ3v) is 5.26. The van der Waals surface area contributed by atoms with Crippen LogP contribution in [0.3, 0.4) is 0 Å². The Hall–Kier alpha value is -2.15. The summed E-state index contributed by atoms with van der Waals surface area (Å²) in [6.07, 6.45) is 2.71. The van der Waals surface area contributed by atoms with Crippen LogP contribution in [0.2, 0.25) is 0 Å². The molecule has 0 amide bonds. The number of esters is 1. The highest BCUT2D eigenvalue weighted by Crippen LogP contribution is 2.39. The van der Waals surface area contributed by atoms with Gasteiger partial charge in [-0.05, 0) is 44.4 Å². The van der Waals surface area contributed by atoms with E-state index in [9.17, 15) is 9.59 Å². The summed E-state index contributed by atoms with van der Waals surface area (Å²) in [6, 6.07) is 7.00. The molecule has 0 spiro atoms. The van der Waals surface area contributed by atoms with Gasteiger partial charge in [0.2, 0.25) is 0 Å². The number of benzene rings is 1. The second-order valence-electron chi connectivity index (χ2n) is 6.28. The first-order valence-electron chi connectivity index (χ1n) is 8.96. The molecular formula is C19H23N3O3S. The minimum Gasteiger partial charge on any atom is -0.462 e. The van der Waals surface area contributed by atoms with Gasteiger partial charge in [0.15, 0.2) is 5.16 Å². The number of ketones is 1. The van der Waals surface area contributed by atoms with Crippen LogP contribution in [0.15, 0.2) is 29.4 Å². The van der Waals surface area contributed by atoms with E-state index in [1.807, 2.05) is 0 Å². The molecule has 1 aliphatic carbocycles. The minimum absolute atomic E-state index is 0.123. The fraction of sp³-hybridized carbons (Fsp3) is 0.474. The summed E-state index contributed by atoms with van der Waals surface area (Å²) in [5.41, 5.74) is 1.39. The van der Waals surface area contributed by atoms with E-state index in [-0.39, 0.29) is 11.8 Å². The van der Waals surface area contributed by atoms with Gasteiger partial charge in [0, 0.05) is 18.9 Å². The molecule has 0 bridgehead atoms. The van der Waals surface area contributed by atoms with Gasteiger partial charge in [-0.3, -0.25) is 4.79 Å². The number of hydrogen-bond donors (Lipinski definition) is 0. The van der Waals surface area contributed by atoms with Gasteiger partial charge in [-0.15, -0.1) is 10.2 Å². The van der Waals surface area contributed by atoms with Gasteiger partial charge in [0.25, 0.3) is 0 Å². The number of carbonyl (C=O) groups excluding carboxylic acids is 2. The number of nitrogens with zero attached hydrogens (tertiary/aromatic N) is 3. The van der Waals surface area contributed by atoms with Crippen LogP contribution in [0.25, 0.3) is 0 Å².